The fourth-order valence-electron chi connectivity index (χ4n) is 2.98. The highest BCUT2D eigenvalue weighted by Gasteiger charge is 2.82. The van der Waals surface area contributed by atoms with E-state index in [1.54, 1.807) is 0 Å². The molecule has 0 spiro atoms. The first-order valence-electron chi connectivity index (χ1n) is 4.87. The minimum Gasteiger partial charge on any atom is -0.481 e. The Hall–Kier alpha value is -0.740. The third-order valence-corrected chi connectivity index (χ3v) is 4.49. The summed E-state index contributed by atoms with van der Waals surface area (Å²) in [5.41, 5.74) is -3.21. The molecule has 15 heavy (non-hydrogen) atoms. The van der Waals surface area contributed by atoms with E-state index in [0.717, 1.165) is 0 Å². The van der Waals surface area contributed by atoms with Crippen LogP contribution in [0.5, 0.6) is 0 Å². The van der Waals surface area contributed by atoms with Crippen molar-refractivity contribution in [1.29, 1.82) is 0 Å². The topological polar surface area (TPSA) is 37.3 Å². The first-order chi connectivity index (χ1) is 6.56. The van der Waals surface area contributed by atoms with E-state index >= 15 is 0 Å². The van der Waals surface area contributed by atoms with Gasteiger partial charge in [-0.1, -0.05) is 0 Å². The van der Waals surface area contributed by atoms with Crippen molar-refractivity contribution in [1.82, 2.24) is 0 Å². The molecule has 0 aromatic heterocycles. The highest BCUT2D eigenvalue weighted by molar-refractivity contribution is 5.76. The van der Waals surface area contributed by atoms with Crippen LogP contribution in [0.2, 0.25) is 0 Å². The van der Waals surface area contributed by atoms with Crippen LogP contribution in [0.4, 0.5) is 13.2 Å². The number of hydrogen-bond acceptors (Lipinski definition) is 1. The van der Waals surface area contributed by atoms with Crippen molar-refractivity contribution in [3.8, 4) is 0 Å². The number of rotatable bonds is 2. The lowest BCUT2D eigenvalue weighted by Crippen LogP contribution is -2.73. The maximum atomic E-state index is 12.5. The van der Waals surface area contributed by atoms with Gasteiger partial charge in [-0.15, -0.1) is 0 Å². The molecule has 1 N–H and O–H groups in total. The Labute approximate surface area is 85.5 Å². The smallest absolute Gasteiger partial charge is 0.394 e. The van der Waals surface area contributed by atoms with Gasteiger partial charge in [-0.25, -0.2) is 0 Å². The molecule has 0 saturated heterocycles. The lowest BCUT2D eigenvalue weighted by atomic mass is 9.29. The number of hydrogen-bond donors (Lipinski definition) is 1. The molecule has 3 rings (SSSR count). The van der Waals surface area contributed by atoms with E-state index in [0.29, 0.717) is 0 Å². The Morgan fingerprint density at radius 3 is 1.80 bits per heavy atom. The molecule has 3 saturated carbocycles. The van der Waals surface area contributed by atoms with Gasteiger partial charge in [0.25, 0.3) is 0 Å². The van der Waals surface area contributed by atoms with E-state index in [1.165, 1.54) is 13.8 Å². The molecule has 3 aliphatic carbocycles. The van der Waals surface area contributed by atoms with E-state index in [2.05, 4.69) is 0 Å². The molecular weight excluding hydrogens is 209 g/mol. The molecule has 2 nitrogen and oxygen atoms in total. The molecule has 3 aliphatic rings. The van der Waals surface area contributed by atoms with Crippen LogP contribution < -0.4 is 0 Å². The summed E-state index contributed by atoms with van der Waals surface area (Å²) < 4.78 is 37.6. The molecule has 0 aliphatic heterocycles. The van der Waals surface area contributed by atoms with Gasteiger partial charge in [-0.2, -0.15) is 13.2 Å². The van der Waals surface area contributed by atoms with Crippen LogP contribution in [-0.2, 0) is 4.79 Å². The molecule has 0 atom stereocenters. The first-order valence-corrected chi connectivity index (χ1v) is 4.87. The van der Waals surface area contributed by atoms with Gasteiger partial charge in [0.05, 0.1) is 10.8 Å². The van der Waals surface area contributed by atoms with Crippen LogP contribution in [0, 0.1) is 16.2 Å². The maximum Gasteiger partial charge on any atom is 0.394 e. The molecule has 2 bridgehead atoms. The fourth-order valence-corrected chi connectivity index (χ4v) is 2.98. The number of aliphatic carboxylic acids is 1. The van der Waals surface area contributed by atoms with Crippen LogP contribution in [0.1, 0.15) is 33.1 Å². The lowest BCUT2D eigenvalue weighted by molar-refractivity contribution is -0.384. The Morgan fingerprint density at radius 2 is 1.53 bits per heavy atom. The number of carboxylic acids is 1. The van der Waals surface area contributed by atoms with Crippen LogP contribution >= 0.6 is 0 Å². The van der Waals surface area contributed by atoms with Gasteiger partial charge in [0.15, 0.2) is 0 Å². The van der Waals surface area contributed by atoms with Gasteiger partial charge in [0, 0.05) is 0 Å². The number of carboxylic acid groups (broad SMARTS) is 1. The molecule has 0 amide bonds. The van der Waals surface area contributed by atoms with Crippen LogP contribution in [-0.4, -0.2) is 17.3 Å². The predicted octanol–water partition coefficient (Wildman–Crippen LogP) is 2.83. The SMILES string of the molecule is CC(C)(C(=O)O)C12CC(C(F)(F)F)(C1)C2. The van der Waals surface area contributed by atoms with Crippen LogP contribution in [0.3, 0.4) is 0 Å². The quantitative estimate of drug-likeness (QED) is 0.780. The molecule has 3 fully saturated rings. The predicted molar refractivity (Wildman–Crippen MR) is 46.2 cm³/mol. The third kappa shape index (κ3) is 0.988. The van der Waals surface area contributed by atoms with Crippen molar-refractivity contribution in [3.63, 3.8) is 0 Å². The van der Waals surface area contributed by atoms with Crippen molar-refractivity contribution >= 4 is 5.97 Å². The van der Waals surface area contributed by atoms with E-state index < -0.39 is 28.4 Å². The zero-order chi connectivity index (χ0) is 11.7. The lowest BCUT2D eigenvalue weighted by Gasteiger charge is -2.74. The second kappa shape index (κ2) is 2.33. The van der Waals surface area contributed by atoms with Crippen molar-refractivity contribution in [2.45, 2.75) is 39.3 Å². The molecule has 0 aromatic rings. The third-order valence-electron chi connectivity index (χ3n) is 4.49. The molecule has 86 valence electrons. The summed E-state index contributed by atoms with van der Waals surface area (Å²) in [6.45, 7) is 3.05. The molecule has 0 aromatic carbocycles. The normalized spacial score (nSPS) is 39.3. The highest BCUT2D eigenvalue weighted by Crippen LogP contribution is 2.83. The van der Waals surface area contributed by atoms with Crippen LogP contribution in [0.25, 0.3) is 0 Å². The average molecular weight is 222 g/mol. The first kappa shape index (κ1) is 10.8. The summed E-state index contributed by atoms with van der Waals surface area (Å²) in [6, 6.07) is 0. The van der Waals surface area contributed by atoms with Gasteiger partial charge < -0.3 is 5.11 Å². The van der Waals surface area contributed by atoms with E-state index in [9.17, 15) is 18.0 Å². The van der Waals surface area contributed by atoms with Crippen molar-refractivity contribution in [2.24, 2.45) is 16.2 Å². The second-order valence-electron chi connectivity index (χ2n) is 5.52. The minimum absolute atomic E-state index is 0.0111. The van der Waals surface area contributed by atoms with Gasteiger partial charge in [-0.05, 0) is 38.5 Å². The largest absolute Gasteiger partial charge is 0.481 e. The fraction of sp³-hybridized carbons (Fsp3) is 0.900. The molecule has 0 heterocycles. The average Bonchev–Trinajstić information content (AvgIpc) is 1.73. The standard InChI is InChI=1S/C10H13F3O2/c1-7(2,6(14)15)8-3-9(4-8,5-8)10(11,12)13/h3-5H2,1-2H3,(H,14,15). The maximum absolute atomic E-state index is 12.5. The Morgan fingerprint density at radius 1 is 1.13 bits per heavy atom. The van der Waals surface area contributed by atoms with Gasteiger partial charge in [-0.3, -0.25) is 4.79 Å². The van der Waals surface area contributed by atoms with Crippen molar-refractivity contribution in [3.05, 3.63) is 0 Å². The molecular formula is C10H13F3O2. The monoisotopic (exact) mass is 222 g/mol. The zero-order valence-electron chi connectivity index (χ0n) is 8.61. The second-order valence-corrected chi connectivity index (χ2v) is 5.52. The molecule has 5 heteroatoms. The van der Waals surface area contributed by atoms with Gasteiger partial charge >= 0.3 is 12.1 Å². The number of alkyl halides is 3. The van der Waals surface area contributed by atoms with E-state index in [-0.39, 0.29) is 19.3 Å². The summed E-state index contributed by atoms with van der Waals surface area (Å²) in [7, 11) is 0. The Bertz CT molecular complexity index is 310. The highest BCUT2D eigenvalue weighted by atomic mass is 19.4. The number of carbonyl (C=O) groups is 1. The van der Waals surface area contributed by atoms with Gasteiger partial charge in [0.1, 0.15) is 0 Å². The van der Waals surface area contributed by atoms with Crippen molar-refractivity contribution < 1.29 is 23.1 Å². The summed E-state index contributed by atoms with van der Waals surface area (Å²) in [6.07, 6.45) is -4.20. The molecule has 0 radical (unpaired) electrons. The van der Waals surface area contributed by atoms with E-state index in [1.807, 2.05) is 0 Å². The van der Waals surface area contributed by atoms with Crippen LogP contribution in [0.15, 0.2) is 0 Å². The van der Waals surface area contributed by atoms with Crippen molar-refractivity contribution in [2.75, 3.05) is 0 Å². The van der Waals surface area contributed by atoms with E-state index in [4.69, 9.17) is 5.11 Å². The molecule has 0 unspecified atom stereocenters. The zero-order valence-corrected chi connectivity index (χ0v) is 8.61. The summed E-state index contributed by atoms with van der Waals surface area (Å²) in [4.78, 5) is 11.0. The summed E-state index contributed by atoms with van der Waals surface area (Å²) in [5, 5.41) is 8.97. The number of halogens is 3. The Kier molecular flexibility index (Phi) is 1.67. The summed E-state index contributed by atoms with van der Waals surface area (Å²) >= 11 is 0. The Balaban J connectivity index is 2.14. The van der Waals surface area contributed by atoms with Gasteiger partial charge in [0.2, 0.25) is 0 Å². The minimum atomic E-state index is -4.16. The summed E-state index contributed by atoms with van der Waals surface area (Å²) in [5.74, 6) is -1.00.